The van der Waals surface area contributed by atoms with E-state index < -0.39 is 11.7 Å². The second kappa shape index (κ2) is 9.09. The van der Waals surface area contributed by atoms with Crippen LogP contribution in [0.15, 0.2) is 53.9 Å². The number of nitriles is 1. The third-order valence-electron chi connectivity index (χ3n) is 4.40. The number of hydrogen-bond donors (Lipinski definition) is 0. The Kier molecular flexibility index (Phi) is 6.53. The van der Waals surface area contributed by atoms with E-state index >= 15 is 0 Å². The molecule has 1 aromatic heterocycles. The van der Waals surface area contributed by atoms with Crippen LogP contribution in [0.5, 0.6) is 0 Å². The van der Waals surface area contributed by atoms with Crippen molar-refractivity contribution in [3.8, 4) is 16.6 Å². The number of alkyl halides is 3. The monoisotopic (exact) mass is 429 g/mol. The van der Waals surface area contributed by atoms with Crippen LogP contribution in [0.3, 0.4) is 0 Å². The van der Waals surface area contributed by atoms with E-state index in [2.05, 4.69) is 11.1 Å². The van der Waals surface area contributed by atoms with Gasteiger partial charge in [-0.25, -0.2) is 4.98 Å². The number of halogens is 3. The van der Waals surface area contributed by atoms with Gasteiger partial charge in [-0.2, -0.15) is 18.4 Å². The van der Waals surface area contributed by atoms with E-state index in [4.69, 9.17) is 5.26 Å². The molecule has 0 bridgehead atoms. The Bertz CT molecular complexity index is 1070. The summed E-state index contributed by atoms with van der Waals surface area (Å²) in [6.45, 7) is 2.82. The van der Waals surface area contributed by atoms with Crippen LogP contribution in [-0.4, -0.2) is 22.3 Å². The zero-order valence-corrected chi connectivity index (χ0v) is 16.9. The summed E-state index contributed by atoms with van der Waals surface area (Å²) in [4.78, 5) is 18.9. The van der Waals surface area contributed by atoms with Gasteiger partial charge in [-0.1, -0.05) is 31.2 Å². The molecule has 4 nitrogen and oxygen atoms in total. The van der Waals surface area contributed by atoms with E-state index in [0.717, 1.165) is 35.5 Å². The van der Waals surface area contributed by atoms with Crippen LogP contribution in [0.1, 0.15) is 40.5 Å². The smallest absolute Gasteiger partial charge is 0.333 e. The first-order chi connectivity index (χ1) is 14.3. The number of hydrogen-bond acceptors (Lipinski definition) is 4. The van der Waals surface area contributed by atoms with Gasteiger partial charge in [0.2, 0.25) is 0 Å². The third-order valence-corrected chi connectivity index (χ3v) is 5.29. The molecule has 0 saturated carbocycles. The van der Waals surface area contributed by atoms with E-state index in [1.165, 1.54) is 6.07 Å². The lowest BCUT2D eigenvalue weighted by molar-refractivity contribution is -0.137. The molecule has 0 unspecified atom stereocenters. The molecule has 2 aromatic carbocycles. The van der Waals surface area contributed by atoms with Crippen LogP contribution in [-0.2, 0) is 12.7 Å². The van der Waals surface area contributed by atoms with Gasteiger partial charge in [0.1, 0.15) is 10.7 Å². The predicted octanol–water partition coefficient (Wildman–Crippen LogP) is 5.75. The summed E-state index contributed by atoms with van der Waals surface area (Å²) in [5.41, 5.74) is 1.19. The second-order valence-corrected chi connectivity index (χ2v) is 7.51. The maximum absolute atomic E-state index is 13.0. The van der Waals surface area contributed by atoms with Crippen LogP contribution < -0.4 is 0 Å². The van der Waals surface area contributed by atoms with Gasteiger partial charge in [-0.15, -0.1) is 11.3 Å². The molecule has 3 aromatic rings. The maximum Gasteiger partial charge on any atom is 0.416 e. The molecule has 0 aliphatic heterocycles. The van der Waals surface area contributed by atoms with Crippen LogP contribution >= 0.6 is 11.3 Å². The highest BCUT2D eigenvalue weighted by Crippen LogP contribution is 2.33. The average Bonchev–Trinajstić information content (AvgIpc) is 3.23. The molecule has 0 N–H and O–H groups in total. The van der Waals surface area contributed by atoms with Crippen molar-refractivity contribution in [2.45, 2.75) is 26.1 Å². The van der Waals surface area contributed by atoms with Gasteiger partial charge in [0.25, 0.3) is 5.91 Å². The Morgan fingerprint density at radius 1 is 1.20 bits per heavy atom. The molecule has 0 radical (unpaired) electrons. The maximum atomic E-state index is 13.0. The summed E-state index contributed by atoms with van der Waals surface area (Å²) < 4.78 is 38.9. The van der Waals surface area contributed by atoms with E-state index in [9.17, 15) is 18.0 Å². The minimum absolute atomic E-state index is 0.203. The minimum Gasteiger partial charge on any atom is -0.333 e. The molecule has 0 spiro atoms. The number of nitrogens with zero attached hydrogens (tertiary/aromatic N) is 3. The molecule has 8 heteroatoms. The largest absolute Gasteiger partial charge is 0.416 e. The van der Waals surface area contributed by atoms with Crippen molar-refractivity contribution in [2.75, 3.05) is 6.54 Å². The van der Waals surface area contributed by atoms with Crippen molar-refractivity contribution in [1.29, 1.82) is 5.26 Å². The van der Waals surface area contributed by atoms with E-state index in [-0.39, 0.29) is 11.6 Å². The molecule has 30 heavy (non-hydrogen) atoms. The molecule has 154 valence electrons. The fraction of sp³-hybridized carbons (Fsp3) is 0.227. The Balaban J connectivity index is 1.81. The molecule has 1 heterocycles. The van der Waals surface area contributed by atoms with Crippen molar-refractivity contribution in [3.05, 3.63) is 76.3 Å². The Hall–Kier alpha value is -3.18. The van der Waals surface area contributed by atoms with Crippen molar-refractivity contribution < 1.29 is 18.0 Å². The highest BCUT2D eigenvalue weighted by molar-refractivity contribution is 7.13. The van der Waals surface area contributed by atoms with Crippen LogP contribution in [0, 0.1) is 11.3 Å². The van der Waals surface area contributed by atoms with Crippen molar-refractivity contribution in [3.63, 3.8) is 0 Å². The number of rotatable bonds is 6. The molecule has 0 atom stereocenters. The van der Waals surface area contributed by atoms with Crippen molar-refractivity contribution >= 4 is 17.2 Å². The van der Waals surface area contributed by atoms with Gasteiger partial charge < -0.3 is 4.90 Å². The average molecular weight is 429 g/mol. The van der Waals surface area contributed by atoms with Gasteiger partial charge in [0.05, 0.1) is 17.2 Å². The first-order valence-corrected chi connectivity index (χ1v) is 10.1. The molecular formula is C22H18F3N3OS. The van der Waals surface area contributed by atoms with Gasteiger partial charge in [0, 0.05) is 24.0 Å². The van der Waals surface area contributed by atoms with Gasteiger partial charge in [-0.3, -0.25) is 4.79 Å². The van der Waals surface area contributed by atoms with Gasteiger partial charge in [-0.05, 0) is 36.2 Å². The predicted molar refractivity (Wildman–Crippen MR) is 109 cm³/mol. The zero-order valence-electron chi connectivity index (χ0n) is 16.1. The summed E-state index contributed by atoms with van der Waals surface area (Å²) in [7, 11) is 0. The number of carbonyl (C=O) groups is 1. The number of aromatic nitrogens is 1. The zero-order chi connectivity index (χ0) is 21.7. The standard InChI is InChI=1S/C22H18F3N3OS/c1-2-10-28(13-16-8-6-15(12-26)7-9-16)21(29)19-14-30-20(27-19)17-4-3-5-18(11-17)22(23,24)25/h3-9,11,14H,2,10,13H2,1H3. The fourth-order valence-electron chi connectivity index (χ4n) is 2.92. The highest BCUT2D eigenvalue weighted by atomic mass is 32.1. The van der Waals surface area contributed by atoms with Crippen LogP contribution in [0.4, 0.5) is 13.2 Å². The first kappa shape index (κ1) is 21.5. The number of carbonyl (C=O) groups excluding carboxylic acids is 1. The van der Waals surface area contributed by atoms with E-state index in [1.54, 1.807) is 40.6 Å². The normalized spacial score (nSPS) is 11.2. The lowest BCUT2D eigenvalue weighted by atomic mass is 10.1. The summed E-state index contributed by atoms with van der Waals surface area (Å²) in [6.07, 6.45) is -3.70. The molecule has 1 amide bonds. The summed E-state index contributed by atoms with van der Waals surface area (Å²) >= 11 is 1.14. The van der Waals surface area contributed by atoms with Crippen molar-refractivity contribution in [2.24, 2.45) is 0 Å². The van der Waals surface area contributed by atoms with Gasteiger partial charge >= 0.3 is 6.18 Å². The topological polar surface area (TPSA) is 57.0 Å². The number of benzene rings is 2. The number of amides is 1. The molecule has 0 aliphatic rings. The molecule has 0 saturated heterocycles. The van der Waals surface area contributed by atoms with Crippen molar-refractivity contribution in [1.82, 2.24) is 9.88 Å². The molecule has 0 fully saturated rings. The highest BCUT2D eigenvalue weighted by Gasteiger charge is 2.30. The minimum atomic E-state index is -4.44. The lowest BCUT2D eigenvalue weighted by Crippen LogP contribution is -2.31. The van der Waals surface area contributed by atoms with Gasteiger partial charge in [0.15, 0.2) is 0 Å². The third kappa shape index (κ3) is 5.05. The first-order valence-electron chi connectivity index (χ1n) is 9.23. The Morgan fingerprint density at radius 2 is 1.93 bits per heavy atom. The molecule has 3 rings (SSSR count). The summed E-state index contributed by atoms with van der Waals surface area (Å²) in [5, 5.41) is 10.8. The lowest BCUT2D eigenvalue weighted by Gasteiger charge is -2.21. The SMILES string of the molecule is CCCN(Cc1ccc(C#N)cc1)C(=O)c1csc(-c2cccc(C(F)(F)F)c2)n1. The Morgan fingerprint density at radius 3 is 2.57 bits per heavy atom. The number of thiazole rings is 1. The van der Waals surface area contributed by atoms with Crippen LogP contribution in [0.25, 0.3) is 10.6 Å². The quantitative estimate of drug-likeness (QED) is 0.501. The van der Waals surface area contributed by atoms with Crippen LogP contribution in [0.2, 0.25) is 0 Å². The Labute approximate surface area is 176 Å². The second-order valence-electron chi connectivity index (χ2n) is 6.65. The van der Waals surface area contributed by atoms with E-state index in [1.807, 2.05) is 6.92 Å². The molecule has 0 aliphatic carbocycles. The molecular weight excluding hydrogens is 411 g/mol. The fourth-order valence-corrected chi connectivity index (χ4v) is 3.71. The summed E-state index contributed by atoms with van der Waals surface area (Å²) in [6, 6.07) is 13.9. The van der Waals surface area contributed by atoms with E-state index in [0.29, 0.717) is 29.2 Å². The summed E-state index contributed by atoms with van der Waals surface area (Å²) in [5.74, 6) is -0.282.